The maximum atomic E-state index is 10.2. The third-order valence-electron chi connectivity index (χ3n) is 1.34. The van der Waals surface area contributed by atoms with Crippen molar-refractivity contribution in [3.8, 4) is 0 Å². The minimum Gasteiger partial charge on any atom is -0.364 e. The van der Waals surface area contributed by atoms with Crippen molar-refractivity contribution in [3.63, 3.8) is 0 Å². The number of imidazole rings is 1. The predicted molar refractivity (Wildman–Crippen MR) is 35.8 cm³/mol. The largest absolute Gasteiger partial charge is 0.364 e. The molecule has 0 aromatic carbocycles. The molecule has 2 aromatic heterocycles. The molecule has 0 saturated heterocycles. The third-order valence-corrected chi connectivity index (χ3v) is 1.34. The maximum absolute atomic E-state index is 10.2. The SMILES string of the molecule is O=Cc1nc2c[nH]cc2[nH]1. The van der Waals surface area contributed by atoms with E-state index in [4.69, 9.17) is 0 Å². The number of hydrogen-bond acceptors (Lipinski definition) is 2. The number of carbonyl (C=O) groups excluding carboxylic acids is 1. The molecule has 0 spiro atoms. The summed E-state index contributed by atoms with van der Waals surface area (Å²) in [4.78, 5) is 19.8. The van der Waals surface area contributed by atoms with Gasteiger partial charge in [-0.2, -0.15) is 0 Å². The Morgan fingerprint density at radius 1 is 1.50 bits per heavy atom. The molecule has 2 N–H and O–H groups in total. The highest BCUT2D eigenvalue weighted by molar-refractivity contribution is 5.81. The first-order valence-corrected chi connectivity index (χ1v) is 2.88. The highest BCUT2D eigenvalue weighted by atomic mass is 16.1. The van der Waals surface area contributed by atoms with Gasteiger partial charge in [-0.25, -0.2) is 4.98 Å². The van der Waals surface area contributed by atoms with E-state index in [0.717, 1.165) is 11.0 Å². The molecule has 0 fully saturated rings. The molecule has 4 heteroatoms. The van der Waals surface area contributed by atoms with Crippen molar-refractivity contribution >= 4 is 17.3 Å². The highest BCUT2D eigenvalue weighted by Crippen LogP contribution is 2.07. The lowest BCUT2D eigenvalue weighted by Gasteiger charge is -1.72. The van der Waals surface area contributed by atoms with Crippen LogP contribution in [0, 0.1) is 0 Å². The van der Waals surface area contributed by atoms with E-state index in [-0.39, 0.29) is 0 Å². The van der Waals surface area contributed by atoms with Crippen molar-refractivity contribution in [2.24, 2.45) is 0 Å². The Hall–Kier alpha value is -1.58. The van der Waals surface area contributed by atoms with E-state index in [1.54, 1.807) is 12.4 Å². The van der Waals surface area contributed by atoms with Crippen LogP contribution in [-0.4, -0.2) is 21.2 Å². The van der Waals surface area contributed by atoms with Crippen LogP contribution in [0.25, 0.3) is 11.0 Å². The van der Waals surface area contributed by atoms with Crippen LogP contribution in [0.5, 0.6) is 0 Å². The lowest BCUT2D eigenvalue weighted by Crippen LogP contribution is -1.79. The molecule has 4 nitrogen and oxygen atoms in total. The molecule has 0 atom stereocenters. The second-order valence-corrected chi connectivity index (χ2v) is 1.99. The lowest BCUT2D eigenvalue weighted by molar-refractivity contribution is 0.111. The summed E-state index contributed by atoms with van der Waals surface area (Å²) in [5.74, 6) is 0.374. The first-order chi connectivity index (χ1) is 4.90. The smallest absolute Gasteiger partial charge is 0.185 e. The summed E-state index contributed by atoms with van der Waals surface area (Å²) in [6.07, 6.45) is 4.19. The number of hydrogen-bond donors (Lipinski definition) is 2. The van der Waals surface area contributed by atoms with Gasteiger partial charge < -0.3 is 9.97 Å². The molecule has 10 heavy (non-hydrogen) atoms. The second kappa shape index (κ2) is 1.70. The summed E-state index contributed by atoms with van der Waals surface area (Å²) >= 11 is 0. The molecule has 2 rings (SSSR count). The minimum atomic E-state index is 0.374. The lowest BCUT2D eigenvalue weighted by atomic mass is 10.5. The van der Waals surface area contributed by atoms with Gasteiger partial charge in [0.15, 0.2) is 12.1 Å². The van der Waals surface area contributed by atoms with Crippen molar-refractivity contribution in [1.29, 1.82) is 0 Å². The van der Waals surface area contributed by atoms with Gasteiger partial charge in [0.05, 0.1) is 5.52 Å². The number of aromatic amines is 2. The number of carbonyl (C=O) groups is 1. The fraction of sp³-hybridized carbons (Fsp3) is 0. The van der Waals surface area contributed by atoms with E-state index in [2.05, 4.69) is 15.0 Å². The normalized spacial score (nSPS) is 10.4. The monoisotopic (exact) mass is 135 g/mol. The molecule has 0 unspecified atom stereocenters. The van der Waals surface area contributed by atoms with Crippen LogP contribution < -0.4 is 0 Å². The Balaban J connectivity index is 2.78. The molecular weight excluding hydrogens is 130 g/mol. The van der Waals surface area contributed by atoms with Crippen LogP contribution >= 0.6 is 0 Å². The van der Waals surface area contributed by atoms with Crippen molar-refractivity contribution in [1.82, 2.24) is 15.0 Å². The zero-order valence-electron chi connectivity index (χ0n) is 5.09. The molecule has 50 valence electrons. The number of fused-ring (bicyclic) bond motifs is 1. The average molecular weight is 135 g/mol. The summed E-state index contributed by atoms with van der Waals surface area (Å²) in [5, 5.41) is 0. The fourth-order valence-corrected chi connectivity index (χ4v) is 0.900. The minimum absolute atomic E-state index is 0.374. The third kappa shape index (κ3) is 0.556. The topological polar surface area (TPSA) is 61.5 Å². The molecule has 0 aliphatic carbocycles. The molecule has 0 aliphatic heterocycles. The van der Waals surface area contributed by atoms with E-state index in [1.807, 2.05) is 0 Å². The standard InChI is InChI=1S/C6H5N3O/c10-3-6-8-4-1-7-2-5(4)9-6/h1-3,7H,(H,8,9). The Morgan fingerprint density at radius 3 is 3.10 bits per heavy atom. The van der Waals surface area contributed by atoms with E-state index < -0.39 is 0 Å². The number of nitrogens with one attached hydrogen (secondary N) is 2. The summed E-state index contributed by atoms with van der Waals surface area (Å²) in [6.45, 7) is 0. The molecule has 0 aliphatic rings. The summed E-state index contributed by atoms with van der Waals surface area (Å²) in [7, 11) is 0. The van der Waals surface area contributed by atoms with Crippen molar-refractivity contribution in [2.45, 2.75) is 0 Å². The Kier molecular flexibility index (Phi) is 0.887. The average Bonchev–Trinajstić information content (AvgIpc) is 2.42. The van der Waals surface area contributed by atoms with Gasteiger partial charge in [-0.3, -0.25) is 4.79 Å². The Labute approximate surface area is 56.3 Å². The summed E-state index contributed by atoms with van der Waals surface area (Å²) < 4.78 is 0. The van der Waals surface area contributed by atoms with Crippen LogP contribution in [0.1, 0.15) is 10.6 Å². The molecule has 0 radical (unpaired) electrons. The van der Waals surface area contributed by atoms with Crippen LogP contribution in [-0.2, 0) is 0 Å². The van der Waals surface area contributed by atoms with E-state index in [9.17, 15) is 4.79 Å². The van der Waals surface area contributed by atoms with Gasteiger partial charge in [-0.05, 0) is 0 Å². The second-order valence-electron chi connectivity index (χ2n) is 1.99. The number of H-pyrrole nitrogens is 2. The zero-order valence-corrected chi connectivity index (χ0v) is 5.09. The Morgan fingerprint density at radius 2 is 2.40 bits per heavy atom. The maximum Gasteiger partial charge on any atom is 0.185 e. The van der Waals surface area contributed by atoms with Gasteiger partial charge in [-0.15, -0.1) is 0 Å². The number of rotatable bonds is 1. The first-order valence-electron chi connectivity index (χ1n) is 2.88. The van der Waals surface area contributed by atoms with Gasteiger partial charge in [0.2, 0.25) is 0 Å². The highest BCUT2D eigenvalue weighted by Gasteiger charge is 1.99. The molecule has 0 amide bonds. The molecule has 2 heterocycles. The van der Waals surface area contributed by atoms with Gasteiger partial charge in [0, 0.05) is 12.4 Å². The molecule has 0 bridgehead atoms. The van der Waals surface area contributed by atoms with Crippen molar-refractivity contribution < 1.29 is 4.79 Å². The fourth-order valence-electron chi connectivity index (χ4n) is 0.900. The quantitative estimate of drug-likeness (QED) is 0.565. The van der Waals surface area contributed by atoms with Gasteiger partial charge in [0.1, 0.15) is 5.52 Å². The van der Waals surface area contributed by atoms with Gasteiger partial charge in [0.25, 0.3) is 0 Å². The first kappa shape index (κ1) is 5.22. The molecule has 2 aromatic rings. The van der Waals surface area contributed by atoms with E-state index in [1.165, 1.54) is 0 Å². The molecular formula is C6H5N3O. The molecule has 0 saturated carbocycles. The van der Waals surface area contributed by atoms with Crippen molar-refractivity contribution in [2.75, 3.05) is 0 Å². The number of aromatic nitrogens is 3. The van der Waals surface area contributed by atoms with Crippen LogP contribution in [0.15, 0.2) is 12.4 Å². The van der Waals surface area contributed by atoms with Crippen LogP contribution in [0.2, 0.25) is 0 Å². The summed E-state index contributed by atoms with van der Waals surface area (Å²) in [6, 6.07) is 0. The summed E-state index contributed by atoms with van der Waals surface area (Å²) in [5.41, 5.74) is 1.66. The predicted octanol–water partition coefficient (Wildman–Crippen LogP) is 0.703. The van der Waals surface area contributed by atoms with Gasteiger partial charge >= 0.3 is 0 Å². The van der Waals surface area contributed by atoms with E-state index >= 15 is 0 Å². The van der Waals surface area contributed by atoms with E-state index in [0.29, 0.717) is 12.1 Å². The number of aldehydes is 1. The number of nitrogens with zero attached hydrogens (tertiary/aromatic N) is 1. The Bertz CT molecular complexity index is 331. The van der Waals surface area contributed by atoms with Crippen LogP contribution in [0.4, 0.5) is 0 Å². The van der Waals surface area contributed by atoms with Crippen molar-refractivity contribution in [3.05, 3.63) is 18.2 Å². The van der Waals surface area contributed by atoms with Gasteiger partial charge in [-0.1, -0.05) is 0 Å². The van der Waals surface area contributed by atoms with Crippen LogP contribution in [0.3, 0.4) is 0 Å². The zero-order chi connectivity index (χ0) is 6.97.